The van der Waals surface area contributed by atoms with Crippen LogP contribution in [0.25, 0.3) is 0 Å². The highest BCUT2D eigenvalue weighted by Gasteiger charge is 2.09. The smallest absolute Gasteiger partial charge is 0.269 e. The molecule has 0 aliphatic rings. The van der Waals surface area contributed by atoms with Crippen LogP contribution in [-0.4, -0.2) is 21.7 Å². The van der Waals surface area contributed by atoms with E-state index in [9.17, 15) is 15.2 Å². The predicted molar refractivity (Wildman–Crippen MR) is 49.8 cm³/mol. The molecular weight excluding hydrogens is 186 g/mol. The molecule has 0 amide bonds. The molecule has 0 aliphatic carbocycles. The van der Waals surface area contributed by atoms with Crippen LogP contribution in [0.2, 0.25) is 0 Å². The first-order chi connectivity index (χ1) is 6.65. The van der Waals surface area contributed by atoms with Crippen LogP contribution in [0, 0.1) is 10.1 Å². The molecule has 0 aromatic heterocycles. The van der Waals surface area contributed by atoms with Gasteiger partial charge in [0, 0.05) is 25.2 Å². The van der Waals surface area contributed by atoms with Crippen molar-refractivity contribution in [3.8, 4) is 0 Å². The molecule has 0 saturated heterocycles. The Morgan fingerprint density at radius 2 is 1.93 bits per heavy atom. The van der Waals surface area contributed by atoms with Crippen molar-refractivity contribution in [2.24, 2.45) is 0 Å². The summed E-state index contributed by atoms with van der Waals surface area (Å²) in [5.74, 6) is 0. The fourth-order valence-corrected chi connectivity index (χ4v) is 1.11. The van der Waals surface area contributed by atoms with Gasteiger partial charge in [-0.05, 0) is 17.7 Å². The number of nitrogens with zero attached hydrogens (tertiary/aromatic N) is 1. The Kier molecular flexibility index (Phi) is 3.55. The number of non-ortho nitro benzene ring substituents is 1. The second-order valence-corrected chi connectivity index (χ2v) is 2.88. The second-order valence-electron chi connectivity index (χ2n) is 2.88. The summed E-state index contributed by atoms with van der Waals surface area (Å²) < 4.78 is 0. The van der Waals surface area contributed by atoms with Gasteiger partial charge in [-0.3, -0.25) is 10.1 Å². The third-order valence-corrected chi connectivity index (χ3v) is 1.89. The molecule has 0 spiro atoms. The van der Waals surface area contributed by atoms with E-state index in [0.29, 0.717) is 5.56 Å². The first kappa shape index (κ1) is 10.6. The Labute approximate surface area is 80.8 Å². The topological polar surface area (TPSA) is 83.6 Å². The molecule has 5 heteroatoms. The van der Waals surface area contributed by atoms with Gasteiger partial charge in [-0.25, -0.2) is 0 Å². The minimum Gasteiger partial charge on any atom is -0.396 e. The summed E-state index contributed by atoms with van der Waals surface area (Å²) in [5.41, 5.74) is 0.564. The van der Waals surface area contributed by atoms with Crippen LogP contribution in [0.5, 0.6) is 0 Å². The summed E-state index contributed by atoms with van der Waals surface area (Å²) in [5, 5.41) is 28.3. The standard InChI is InChI=1S/C9H11NO4/c11-6-5-9(12)7-1-3-8(4-2-7)10(13)14/h1-4,9,11-12H,5-6H2. The number of aliphatic hydroxyl groups is 2. The summed E-state index contributed by atoms with van der Waals surface area (Å²) in [6.45, 7) is -0.113. The van der Waals surface area contributed by atoms with Crippen LogP contribution in [0.3, 0.4) is 0 Å². The van der Waals surface area contributed by atoms with Crippen molar-refractivity contribution in [2.45, 2.75) is 12.5 Å². The van der Waals surface area contributed by atoms with Crippen LogP contribution in [-0.2, 0) is 0 Å². The average molecular weight is 197 g/mol. The molecule has 0 fully saturated rings. The molecule has 0 bridgehead atoms. The van der Waals surface area contributed by atoms with Gasteiger partial charge in [-0.15, -0.1) is 0 Å². The Morgan fingerprint density at radius 3 is 2.36 bits per heavy atom. The quantitative estimate of drug-likeness (QED) is 0.557. The van der Waals surface area contributed by atoms with Crippen molar-refractivity contribution >= 4 is 5.69 Å². The molecule has 0 aliphatic heterocycles. The largest absolute Gasteiger partial charge is 0.396 e. The molecule has 0 radical (unpaired) electrons. The minimum atomic E-state index is -0.763. The van der Waals surface area contributed by atoms with Gasteiger partial charge >= 0.3 is 0 Å². The van der Waals surface area contributed by atoms with Crippen molar-refractivity contribution in [2.75, 3.05) is 6.61 Å². The van der Waals surface area contributed by atoms with Crippen LogP contribution in [0.4, 0.5) is 5.69 Å². The highest BCUT2D eigenvalue weighted by atomic mass is 16.6. The van der Waals surface area contributed by atoms with Crippen molar-refractivity contribution in [1.29, 1.82) is 0 Å². The molecule has 1 aromatic carbocycles. The van der Waals surface area contributed by atoms with Gasteiger partial charge in [0.2, 0.25) is 0 Å². The van der Waals surface area contributed by atoms with E-state index < -0.39 is 11.0 Å². The average Bonchev–Trinajstić information content (AvgIpc) is 2.18. The molecule has 1 aromatic rings. The zero-order chi connectivity index (χ0) is 10.6. The lowest BCUT2D eigenvalue weighted by Crippen LogP contribution is -2.00. The van der Waals surface area contributed by atoms with Gasteiger partial charge in [-0.2, -0.15) is 0 Å². The van der Waals surface area contributed by atoms with Gasteiger partial charge in [0.25, 0.3) is 5.69 Å². The second kappa shape index (κ2) is 4.69. The van der Waals surface area contributed by atoms with Gasteiger partial charge in [-0.1, -0.05) is 0 Å². The van der Waals surface area contributed by atoms with Crippen LogP contribution in [0.15, 0.2) is 24.3 Å². The van der Waals surface area contributed by atoms with Gasteiger partial charge < -0.3 is 10.2 Å². The summed E-state index contributed by atoms with van der Waals surface area (Å²) in [4.78, 5) is 9.81. The summed E-state index contributed by atoms with van der Waals surface area (Å²) in [6.07, 6.45) is -0.529. The van der Waals surface area contributed by atoms with Crippen LogP contribution in [0.1, 0.15) is 18.1 Å². The summed E-state index contributed by atoms with van der Waals surface area (Å²) in [6, 6.07) is 5.63. The zero-order valence-electron chi connectivity index (χ0n) is 7.46. The first-order valence-electron chi connectivity index (χ1n) is 4.18. The Balaban J connectivity index is 2.77. The molecule has 1 atom stereocenters. The highest BCUT2D eigenvalue weighted by molar-refractivity contribution is 5.33. The van der Waals surface area contributed by atoms with Crippen LogP contribution < -0.4 is 0 Å². The number of nitro groups is 1. The Morgan fingerprint density at radius 1 is 1.36 bits per heavy atom. The van der Waals surface area contributed by atoms with Gasteiger partial charge in [0.15, 0.2) is 0 Å². The van der Waals surface area contributed by atoms with Crippen molar-refractivity contribution in [3.05, 3.63) is 39.9 Å². The number of nitro benzene ring substituents is 1. The van der Waals surface area contributed by atoms with E-state index in [2.05, 4.69) is 0 Å². The lowest BCUT2D eigenvalue weighted by atomic mass is 10.1. The first-order valence-corrected chi connectivity index (χ1v) is 4.18. The minimum absolute atomic E-state index is 0.00931. The summed E-state index contributed by atoms with van der Waals surface area (Å²) >= 11 is 0. The fourth-order valence-electron chi connectivity index (χ4n) is 1.11. The zero-order valence-corrected chi connectivity index (χ0v) is 7.46. The van der Waals surface area contributed by atoms with E-state index in [0.717, 1.165) is 0 Å². The normalized spacial score (nSPS) is 12.4. The van der Waals surface area contributed by atoms with Crippen LogP contribution >= 0.6 is 0 Å². The lowest BCUT2D eigenvalue weighted by Gasteiger charge is -2.07. The molecule has 1 rings (SSSR count). The number of benzene rings is 1. The Bertz CT molecular complexity index is 309. The Hall–Kier alpha value is -1.46. The molecule has 5 nitrogen and oxygen atoms in total. The fraction of sp³-hybridized carbons (Fsp3) is 0.333. The van der Waals surface area contributed by atoms with Gasteiger partial charge in [0.1, 0.15) is 0 Å². The van der Waals surface area contributed by atoms with E-state index in [-0.39, 0.29) is 18.7 Å². The third-order valence-electron chi connectivity index (χ3n) is 1.89. The maximum Gasteiger partial charge on any atom is 0.269 e. The van der Waals surface area contributed by atoms with Crippen molar-refractivity contribution in [1.82, 2.24) is 0 Å². The molecule has 0 saturated carbocycles. The number of hydrogen-bond donors (Lipinski definition) is 2. The third kappa shape index (κ3) is 2.51. The highest BCUT2D eigenvalue weighted by Crippen LogP contribution is 2.19. The van der Waals surface area contributed by atoms with E-state index in [1.165, 1.54) is 24.3 Å². The maximum absolute atomic E-state index is 10.3. The van der Waals surface area contributed by atoms with Crippen molar-refractivity contribution < 1.29 is 15.1 Å². The SMILES string of the molecule is O=[N+]([O-])c1ccc(C(O)CCO)cc1. The maximum atomic E-state index is 10.3. The van der Waals surface area contributed by atoms with Gasteiger partial charge in [0.05, 0.1) is 11.0 Å². The van der Waals surface area contributed by atoms with E-state index in [4.69, 9.17) is 5.11 Å². The number of rotatable bonds is 4. The molecule has 2 N–H and O–H groups in total. The number of aliphatic hydroxyl groups excluding tert-OH is 2. The molecule has 0 heterocycles. The van der Waals surface area contributed by atoms with E-state index in [1.807, 2.05) is 0 Å². The molecular formula is C9H11NO4. The predicted octanol–water partition coefficient (Wildman–Crippen LogP) is 1.01. The molecule has 14 heavy (non-hydrogen) atoms. The van der Waals surface area contributed by atoms with E-state index >= 15 is 0 Å². The molecule has 76 valence electrons. The summed E-state index contributed by atoms with van der Waals surface area (Å²) in [7, 11) is 0. The molecule has 1 unspecified atom stereocenters. The number of hydrogen-bond acceptors (Lipinski definition) is 4. The van der Waals surface area contributed by atoms with E-state index in [1.54, 1.807) is 0 Å². The lowest BCUT2D eigenvalue weighted by molar-refractivity contribution is -0.384. The monoisotopic (exact) mass is 197 g/mol. The van der Waals surface area contributed by atoms with Crippen molar-refractivity contribution in [3.63, 3.8) is 0 Å².